The van der Waals surface area contributed by atoms with Crippen LogP contribution in [0.25, 0.3) is 11.0 Å². The van der Waals surface area contributed by atoms with Gasteiger partial charge < -0.3 is 19.9 Å². The van der Waals surface area contributed by atoms with Crippen molar-refractivity contribution in [3.63, 3.8) is 0 Å². The number of alkyl halides is 3. The van der Waals surface area contributed by atoms with Crippen molar-refractivity contribution in [3.05, 3.63) is 71.6 Å². The Kier molecular flexibility index (Phi) is 6.99. The molecule has 0 spiro atoms. The maximum atomic E-state index is 12.8. The van der Waals surface area contributed by atoms with Crippen LogP contribution in [-0.4, -0.2) is 20.6 Å². The van der Waals surface area contributed by atoms with E-state index < -0.39 is 17.8 Å². The largest absolute Gasteiger partial charge is 0.437 e. The van der Waals surface area contributed by atoms with Crippen LogP contribution in [0, 0.1) is 0 Å². The first kappa shape index (κ1) is 24.1. The van der Waals surface area contributed by atoms with E-state index in [1.165, 1.54) is 30.6 Å². The number of halogens is 5. The average Bonchev–Trinajstić information content (AvgIpc) is 3.11. The summed E-state index contributed by atoms with van der Waals surface area (Å²) < 4.78 is 46.1. The average molecular weight is 498 g/mol. The number of carbonyl (C=O) groups excluding carboxylic acids is 1. The summed E-state index contributed by atoms with van der Waals surface area (Å²) in [5.41, 5.74) is 0.783. The van der Waals surface area contributed by atoms with Gasteiger partial charge in [-0.1, -0.05) is 17.7 Å². The van der Waals surface area contributed by atoms with E-state index in [0.717, 1.165) is 12.1 Å². The van der Waals surface area contributed by atoms with Gasteiger partial charge in [0.1, 0.15) is 17.6 Å². The van der Waals surface area contributed by atoms with E-state index in [2.05, 4.69) is 20.6 Å². The van der Waals surface area contributed by atoms with Gasteiger partial charge in [-0.05, 0) is 36.4 Å². The summed E-state index contributed by atoms with van der Waals surface area (Å²) in [7, 11) is 1.83. The number of rotatable bonds is 4. The smallest absolute Gasteiger partial charge is 0.416 e. The summed E-state index contributed by atoms with van der Waals surface area (Å²) in [6.45, 7) is 0. The van der Waals surface area contributed by atoms with Crippen molar-refractivity contribution >= 4 is 52.4 Å². The monoisotopic (exact) mass is 497 g/mol. The summed E-state index contributed by atoms with van der Waals surface area (Å²) in [4.78, 5) is 20.5. The Morgan fingerprint density at radius 2 is 1.88 bits per heavy atom. The zero-order valence-electron chi connectivity index (χ0n) is 16.9. The number of aryl methyl sites for hydroxylation is 1. The zero-order chi connectivity index (χ0) is 22.9. The highest BCUT2D eigenvalue weighted by molar-refractivity contribution is 6.34. The lowest BCUT2D eigenvalue weighted by Crippen LogP contribution is -2.20. The van der Waals surface area contributed by atoms with Crippen LogP contribution in [0.1, 0.15) is 5.56 Å². The van der Waals surface area contributed by atoms with E-state index in [4.69, 9.17) is 16.3 Å². The van der Waals surface area contributed by atoms with Gasteiger partial charge in [-0.25, -0.2) is 9.78 Å². The molecule has 0 aliphatic heterocycles. The summed E-state index contributed by atoms with van der Waals surface area (Å²) in [5, 5.41) is 5.01. The van der Waals surface area contributed by atoms with Crippen LogP contribution >= 0.6 is 24.0 Å². The summed E-state index contributed by atoms with van der Waals surface area (Å²) in [6, 6.07) is 9.94. The number of fused-ring (bicyclic) bond motifs is 1. The van der Waals surface area contributed by atoms with Crippen LogP contribution in [0.3, 0.4) is 0 Å². The van der Waals surface area contributed by atoms with Gasteiger partial charge in [-0.2, -0.15) is 18.2 Å². The van der Waals surface area contributed by atoms with E-state index in [1.807, 2.05) is 23.9 Å². The number of hydrogen-bond donors (Lipinski definition) is 2. The van der Waals surface area contributed by atoms with Crippen LogP contribution in [0.4, 0.5) is 29.3 Å². The van der Waals surface area contributed by atoms with Crippen molar-refractivity contribution in [3.8, 4) is 11.6 Å². The third-order valence-corrected chi connectivity index (χ3v) is 4.79. The standard InChI is InChI=1S/C21H15ClF3N5O2.ClH/c1-30-8-7-17-18(30)19(27-11-26-17)32-14-5-6-16(15(22)10-14)29-20(31)28-13-4-2-3-12(9-13)21(23,24)25;/h2-11H,1H3,(H2,28,29,31);1H. The van der Waals surface area contributed by atoms with Crippen molar-refractivity contribution in [2.24, 2.45) is 7.05 Å². The van der Waals surface area contributed by atoms with E-state index >= 15 is 0 Å². The molecular formula is C21H16Cl2F3N5O2. The Labute approximate surface area is 197 Å². The molecule has 0 atom stereocenters. The number of carbonyl (C=O) groups is 1. The third-order valence-electron chi connectivity index (χ3n) is 4.48. The van der Waals surface area contributed by atoms with Crippen molar-refractivity contribution in [2.75, 3.05) is 10.6 Å². The Morgan fingerprint density at radius 3 is 2.61 bits per heavy atom. The van der Waals surface area contributed by atoms with Crippen LogP contribution in [0.2, 0.25) is 5.02 Å². The van der Waals surface area contributed by atoms with Gasteiger partial charge in [0, 0.05) is 25.0 Å². The molecule has 4 aromatic rings. The van der Waals surface area contributed by atoms with Gasteiger partial charge in [-0.15, -0.1) is 12.4 Å². The SMILES string of the molecule is Cl.Cn1ccc2ncnc(Oc3ccc(NC(=O)Nc4cccc(C(F)(F)F)c4)c(Cl)c3)c21. The van der Waals surface area contributed by atoms with Crippen LogP contribution in [-0.2, 0) is 13.2 Å². The number of benzene rings is 2. The van der Waals surface area contributed by atoms with Crippen molar-refractivity contribution in [2.45, 2.75) is 6.18 Å². The number of nitrogens with zero attached hydrogens (tertiary/aromatic N) is 3. The number of nitrogens with one attached hydrogen (secondary N) is 2. The quantitative estimate of drug-likeness (QED) is 0.337. The molecule has 0 unspecified atom stereocenters. The van der Waals surface area contributed by atoms with Crippen molar-refractivity contribution < 1.29 is 22.7 Å². The molecule has 7 nitrogen and oxygen atoms in total. The minimum absolute atomic E-state index is 0. The highest BCUT2D eigenvalue weighted by atomic mass is 35.5. The molecule has 2 N–H and O–H groups in total. The first-order valence-electron chi connectivity index (χ1n) is 9.19. The second-order valence-electron chi connectivity index (χ2n) is 6.74. The lowest BCUT2D eigenvalue weighted by molar-refractivity contribution is -0.137. The fourth-order valence-corrected chi connectivity index (χ4v) is 3.21. The molecule has 172 valence electrons. The molecule has 2 aromatic carbocycles. The van der Waals surface area contributed by atoms with Gasteiger partial charge >= 0.3 is 12.2 Å². The Balaban J connectivity index is 0.00000306. The van der Waals surface area contributed by atoms with Gasteiger partial charge in [-0.3, -0.25) is 0 Å². The van der Waals surface area contributed by atoms with Crippen LogP contribution in [0.5, 0.6) is 11.6 Å². The Morgan fingerprint density at radius 1 is 1.09 bits per heavy atom. The third kappa shape index (κ3) is 5.47. The van der Waals surface area contributed by atoms with Gasteiger partial charge in [0.2, 0.25) is 5.88 Å². The van der Waals surface area contributed by atoms with E-state index in [0.29, 0.717) is 22.7 Å². The molecule has 0 fully saturated rings. The minimum Gasteiger partial charge on any atom is -0.437 e. The predicted octanol–water partition coefficient (Wildman–Crippen LogP) is 6.50. The topological polar surface area (TPSA) is 81.1 Å². The summed E-state index contributed by atoms with van der Waals surface area (Å²) in [5.74, 6) is 0.710. The highest BCUT2D eigenvalue weighted by Crippen LogP contribution is 2.33. The molecule has 0 radical (unpaired) electrons. The fourth-order valence-electron chi connectivity index (χ4n) is 2.99. The summed E-state index contributed by atoms with van der Waals surface area (Å²) >= 11 is 6.25. The van der Waals surface area contributed by atoms with Gasteiger partial charge in [0.15, 0.2) is 0 Å². The zero-order valence-corrected chi connectivity index (χ0v) is 18.4. The number of amides is 2. The summed E-state index contributed by atoms with van der Waals surface area (Å²) in [6.07, 6.45) is -1.30. The molecule has 33 heavy (non-hydrogen) atoms. The number of ether oxygens (including phenoxy) is 1. The fraction of sp³-hybridized carbons (Fsp3) is 0.0952. The molecular weight excluding hydrogens is 482 g/mol. The molecule has 0 bridgehead atoms. The molecule has 2 heterocycles. The lowest BCUT2D eigenvalue weighted by atomic mass is 10.2. The maximum absolute atomic E-state index is 12.8. The van der Waals surface area contributed by atoms with Crippen LogP contribution < -0.4 is 15.4 Å². The van der Waals surface area contributed by atoms with E-state index in [-0.39, 0.29) is 28.8 Å². The number of aromatic nitrogens is 3. The maximum Gasteiger partial charge on any atom is 0.416 e. The second kappa shape index (κ2) is 9.55. The number of hydrogen-bond acceptors (Lipinski definition) is 4. The van der Waals surface area contributed by atoms with Crippen molar-refractivity contribution in [1.29, 1.82) is 0 Å². The normalized spacial score (nSPS) is 11.1. The van der Waals surface area contributed by atoms with Gasteiger partial charge in [0.25, 0.3) is 0 Å². The highest BCUT2D eigenvalue weighted by Gasteiger charge is 2.30. The lowest BCUT2D eigenvalue weighted by Gasteiger charge is -2.12. The molecule has 0 saturated heterocycles. The second-order valence-corrected chi connectivity index (χ2v) is 7.15. The first-order chi connectivity index (χ1) is 15.2. The first-order valence-corrected chi connectivity index (χ1v) is 9.57. The Hall–Kier alpha value is -3.50. The predicted molar refractivity (Wildman–Crippen MR) is 121 cm³/mol. The molecule has 2 aromatic heterocycles. The van der Waals surface area contributed by atoms with E-state index in [9.17, 15) is 18.0 Å². The van der Waals surface area contributed by atoms with Crippen LogP contribution in [0.15, 0.2) is 61.1 Å². The molecule has 4 rings (SSSR count). The molecule has 0 saturated carbocycles. The van der Waals surface area contributed by atoms with E-state index in [1.54, 1.807) is 6.07 Å². The van der Waals surface area contributed by atoms with Gasteiger partial charge in [0.05, 0.1) is 21.8 Å². The Bertz CT molecular complexity index is 1310. The number of urea groups is 1. The molecule has 12 heteroatoms. The minimum atomic E-state index is -4.51. The van der Waals surface area contributed by atoms with Crippen molar-refractivity contribution in [1.82, 2.24) is 14.5 Å². The number of anilines is 2. The molecule has 2 amide bonds. The molecule has 0 aliphatic carbocycles. The molecule has 0 aliphatic rings.